The van der Waals surface area contributed by atoms with E-state index in [9.17, 15) is 18.3 Å². The van der Waals surface area contributed by atoms with Crippen LogP contribution in [-0.4, -0.2) is 27.7 Å². The molecule has 4 atom stereocenters. The SMILES string of the molecule is OC[C@H]1[C@H]2CC[C@H](C2)[C@H]1NCc1ccnc(-c2ccc(C(F)(F)F)cc2)n1. The summed E-state index contributed by atoms with van der Waals surface area (Å²) in [4.78, 5) is 8.68. The first-order valence-corrected chi connectivity index (χ1v) is 9.29. The van der Waals surface area contributed by atoms with Gasteiger partial charge in [0.2, 0.25) is 0 Å². The van der Waals surface area contributed by atoms with E-state index in [-0.39, 0.29) is 6.61 Å². The lowest BCUT2D eigenvalue weighted by Crippen LogP contribution is -2.42. The Morgan fingerprint density at radius 3 is 2.52 bits per heavy atom. The number of nitrogens with zero attached hydrogens (tertiary/aromatic N) is 2. The van der Waals surface area contributed by atoms with Crippen LogP contribution in [0, 0.1) is 17.8 Å². The number of rotatable bonds is 5. The highest BCUT2D eigenvalue weighted by atomic mass is 19.4. The fourth-order valence-corrected chi connectivity index (χ4v) is 4.66. The van der Waals surface area contributed by atoms with E-state index in [1.165, 1.54) is 31.4 Å². The highest BCUT2D eigenvalue weighted by molar-refractivity contribution is 5.55. The van der Waals surface area contributed by atoms with E-state index in [0.717, 1.165) is 17.8 Å². The van der Waals surface area contributed by atoms with Gasteiger partial charge >= 0.3 is 6.18 Å². The van der Waals surface area contributed by atoms with Crippen molar-refractivity contribution >= 4 is 0 Å². The molecule has 2 aliphatic rings. The Hall–Kier alpha value is -1.99. The number of nitrogens with one attached hydrogen (secondary N) is 1. The van der Waals surface area contributed by atoms with Crippen molar-refractivity contribution in [2.75, 3.05) is 6.61 Å². The fraction of sp³-hybridized carbons (Fsp3) is 0.500. The van der Waals surface area contributed by atoms with E-state index in [4.69, 9.17) is 0 Å². The molecule has 0 radical (unpaired) electrons. The highest BCUT2D eigenvalue weighted by Crippen LogP contribution is 2.48. The number of halogens is 3. The molecule has 27 heavy (non-hydrogen) atoms. The van der Waals surface area contributed by atoms with Crippen molar-refractivity contribution in [3.05, 3.63) is 47.8 Å². The van der Waals surface area contributed by atoms with Gasteiger partial charge in [-0.3, -0.25) is 0 Å². The molecule has 0 saturated heterocycles. The molecule has 144 valence electrons. The average molecular weight is 377 g/mol. The molecule has 2 saturated carbocycles. The molecular weight excluding hydrogens is 355 g/mol. The Kier molecular flexibility index (Phi) is 4.90. The molecule has 0 amide bonds. The van der Waals surface area contributed by atoms with Crippen LogP contribution < -0.4 is 5.32 Å². The third kappa shape index (κ3) is 3.71. The van der Waals surface area contributed by atoms with E-state index in [1.807, 2.05) is 6.07 Å². The number of benzene rings is 1. The molecule has 1 aromatic heterocycles. The summed E-state index contributed by atoms with van der Waals surface area (Å²) in [5, 5.41) is 13.2. The Labute approximate surface area is 155 Å². The smallest absolute Gasteiger partial charge is 0.396 e. The lowest BCUT2D eigenvalue weighted by atomic mass is 9.85. The van der Waals surface area contributed by atoms with Crippen molar-refractivity contribution in [3.63, 3.8) is 0 Å². The number of hydrogen-bond donors (Lipinski definition) is 2. The number of aromatic nitrogens is 2. The Morgan fingerprint density at radius 1 is 1.07 bits per heavy atom. The van der Waals surface area contributed by atoms with Crippen molar-refractivity contribution in [2.24, 2.45) is 17.8 Å². The number of aliphatic hydroxyl groups excluding tert-OH is 1. The molecule has 0 unspecified atom stereocenters. The zero-order chi connectivity index (χ0) is 19.0. The van der Waals surface area contributed by atoms with Crippen LogP contribution in [-0.2, 0) is 12.7 Å². The van der Waals surface area contributed by atoms with E-state index < -0.39 is 11.7 Å². The molecule has 1 heterocycles. The maximum Gasteiger partial charge on any atom is 0.416 e. The molecule has 2 aromatic rings. The largest absolute Gasteiger partial charge is 0.416 e. The van der Waals surface area contributed by atoms with Gasteiger partial charge in [0.25, 0.3) is 0 Å². The van der Waals surface area contributed by atoms with Gasteiger partial charge in [-0.1, -0.05) is 12.1 Å². The maximum absolute atomic E-state index is 12.7. The summed E-state index contributed by atoms with van der Waals surface area (Å²) in [5.74, 6) is 1.95. The Bertz CT molecular complexity index is 794. The number of hydrogen-bond acceptors (Lipinski definition) is 4. The second-order valence-corrected chi connectivity index (χ2v) is 7.53. The Morgan fingerprint density at radius 2 is 1.81 bits per heavy atom. The van der Waals surface area contributed by atoms with Gasteiger partial charge in [-0.2, -0.15) is 13.2 Å². The molecule has 2 aliphatic carbocycles. The molecule has 0 spiro atoms. The summed E-state index contributed by atoms with van der Waals surface area (Å²) in [7, 11) is 0. The van der Waals surface area contributed by atoms with E-state index in [2.05, 4.69) is 15.3 Å². The van der Waals surface area contributed by atoms with Crippen molar-refractivity contribution in [1.82, 2.24) is 15.3 Å². The third-order valence-corrected chi connectivity index (χ3v) is 6.00. The molecule has 2 fully saturated rings. The van der Waals surface area contributed by atoms with Crippen LogP contribution in [0.1, 0.15) is 30.5 Å². The molecule has 2 N–H and O–H groups in total. The molecular formula is C20H22F3N3O. The molecule has 1 aromatic carbocycles. The predicted octanol–water partition coefficient (Wildman–Crippen LogP) is 3.66. The highest BCUT2D eigenvalue weighted by Gasteiger charge is 2.46. The van der Waals surface area contributed by atoms with Gasteiger partial charge in [0, 0.05) is 36.9 Å². The standard InChI is InChI=1S/C20H22F3N3O/c21-20(22,23)15-5-3-12(4-6-15)19-24-8-7-16(26-19)10-25-18-14-2-1-13(9-14)17(18)11-27/h3-8,13-14,17-18,25,27H,1-2,9-11H2/t13-,14+,17-,18+/m0/s1. The summed E-state index contributed by atoms with van der Waals surface area (Å²) < 4.78 is 38.1. The van der Waals surface area contributed by atoms with Crippen molar-refractivity contribution in [3.8, 4) is 11.4 Å². The lowest BCUT2D eigenvalue weighted by Gasteiger charge is -2.30. The van der Waals surface area contributed by atoms with Gasteiger partial charge in [-0.05, 0) is 49.3 Å². The van der Waals surface area contributed by atoms with Crippen LogP contribution in [0.4, 0.5) is 13.2 Å². The molecule has 4 nitrogen and oxygen atoms in total. The topological polar surface area (TPSA) is 58.0 Å². The van der Waals surface area contributed by atoms with Crippen molar-refractivity contribution in [2.45, 2.75) is 38.0 Å². The van der Waals surface area contributed by atoms with Gasteiger partial charge in [-0.25, -0.2) is 9.97 Å². The number of alkyl halides is 3. The van der Waals surface area contributed by atoms with Gasteiger partial charge in [0.1, 0.15) is 0 Å². The van der Waals surface area contributed by atoms with Crippen molar-refractivity contribution in [1.29, 1.82) is 0 Å². The first-order valence-electron chi connectivity index (χ1n) is 9.29. The van der Waals surface area contributed by atoms with Gasteiger partial charge < -0.3 is 10.4 Å². The van der Waals surface area contributed by atoms with E-state index in [1.54, 1.807) is 6.20 Å². The minimum absolute atomic E-state index is 0.208. The first kappa shape index (κ1) is 18.4. The maximum atomic E-state index is 12.7. The zero-order valence-electron chi connectivity index (χ0n) is 14.8. The summed E-state index contributed by atoms with van der Waals surface area (Å²) in [6, 6.07) is 7.00. The van der Waals surface area contributed by atoms with Crippen LogP contribution in [0.15, 0.2) is 36.5 Å². The molecule has 4 rings (SSSR count). The van der Waals surface area contributed by atoms with Crippen LogP contribution in [0.25, 0.3) is 11.4 Å². The minimum Gasteiger partial charge on any atom is -0.396 e. The minimum atomic E-state index is -4.35. The molecule has 0 aliphatic heterocycles. The molecule has 7 heteroatoms. The third-order valence-electron chi connectivity index (χ3n) is 6.00. The normalized spacial score (nSPS) is 27.3. The van der Waals surface area contributed by atoms with Crippen LogP contribution in [0.5, 0.6) is 0 Å². The van der Waals surface area contributed by atoms with E-state index >= 15 is 0 Å². The predicted molar refractivity (Wildman–Crippen MR) is 94.5 cm³/mol. The fourth-order valence-electron chi connectivity index (χ4n) is 4.66. The summed E-state index contributed by atoms with van der Waals surface area (Å²) in [6.45, 7) is 0.764. The quantitative estimate of drug-likeness (QED) is 0.835. The van der Waals surface area contributed by atoms with Gasteiger partial charge in [0.05, 0.1) is 11.3 Å². The first-order chi connectivity index (χ1) is 13.0. The zero-order valence-corrected chi connectivity index (χ0v) is 14.8. The van der Waals surface area contributed by atoms with E-state index in [0.29, 0.717) is 41.7 Å². The molecule has 2 bridgehead atoms. The average Bonchev–Trinajstić information content (AvgIpc) is 3.27. The van der Waals surface area contributed by atoms with Crippen molar-refractivity contribution < 1.29 is 18.3 Å². The monoisotopic (exact) mass is 377 g/mol. The number of fused-ring (bicyclic) bond motifs is 2. The Balaban J connectivity index is 1.45. The van der Waals surface area contributed by atoms with Gasteiger partial charge in [0.15, 0.2) is 5.82 Å². The van der Waals surface area contributed by atoms with Crippen LogP contribution >= 0.6 is 0 Å². The summed E-state index contributed by atoms with van der Waals surface area (Å²) in [6.07, 6.45) is 0.874. The van der Waals surface area contributed by atoms with Crippen LogP contribution in [0.2, 0.25) is 0 Å². The second-order valence-electron chi connectivity index (χ2n) is 7.53. The second kappa shape index (κ2) is 7.20. The summed E-state index contributed by atoms with van der Waals surface area (Å²) in [5.41, 5.74) is 0.660. The van der Waals surface area contributed by atoms with Crippen LogP contribution in [0.3, 0.4) is 0 Å². The number of aliphatic hydroxyl groups is 1. The lowest BCUT2D eigenvalue weighted by molar-refractivity contribution is -0.137. The summed E-state index contributed by atoms with van der Waals surface area (Å²) >= 11 is 0. The van der Waals surface area contributed by atoms with Gasteiger partial charge in [-0.15, -0.1) is 0 Å².